The number of allylic oxidation sites excluding steroid dienone is 1. The number of nitrogens with zero attached hydrogens (tertiary/aromatic N) is 3. The normalized spacial score (nSPS) is 18.7. The van der Waals surface area contributed by atoms with Gasteiger partial charge in [0, 0.05) is 38.3 Å². The van der Waals surface area contributed by atoms with Gasteiger partial charge in [-0.3, -0.25) is 20.1 Å². The Morgan fingerprint density at radius 1 is 1.17 bits per heavy atom. The van der Waals surface area contributed by atoms with Gasteiger partial charge >= 0.3 is 0 Å². The number of piperazine rings is 1. The first-order valence-corrected chi connectivity index (χ1v) is 9.38. The highest BCUT2D eigenvalue weighted by Crippen LogP contribution is 2.39. The molecule has 2 aliphatic rings. The Bertz CT molecular complexity index is 965. The molecule has 2 aromatic rings. The number of anilines is 1. The highest BCUT2D eigenvalue weighted by Gasteiger charge is 2.30. The van der Waals surface area contributed by atoms with Gasteiger partial charge in [0.25, 0.3) is 0 Å². The Morgan fingerprint density at radius 2 is 1.93 bits per heavy atom. The Morgan fingerprint density at radius 3 is 2.66 bits per heavy atom. The molecule has 0 radical (unpaired) electrons. The average Bonchev–Trinajstić information content (AvgIpc) is 3.01. The number of Topliss-reactive ketones (excluding diaryl/α,β-unsaturated/α-hetero) is 1. The Balaban J connectivity index is 1.62. The summed E-state index contributed by atoms with van der Waals surface area (Å²) in [4.78, 5) is 17.2. The van der Waals surface area contributed by atoms with Crippen LogP contribution in [-0.4, -0.2) is 59.2 Å². The standard InChI is InChI=1S/C21H23N3O5/c1-22-7-9-23(10-8-22)13-17-18(25)6-5-16-20(26)19(29-21(16)17)12-14-3-2-4-15(11-14)24(27)28/h2-6,11-12,25,27-28H,7-10,13H2,1H3/p-1. The molecule has 2 aromatic carbocycles. The van der Waals surface area contributed by atoms with Crippen LogP contribution >= 0.6 is 0 Å². The predicted molar refractivity (Wildman–Crippen MR) is 104 cm³/mol. The van der Waals surface area contributed by atoms with Gasteiger partial charge in [-0.1, -0.05) is 18.2 Å². The molecule has 0 atom stereocenters. The first-order valence-electron chi connectivity index (χ1n) is 9.38. The van der Waals surface area contributed by atoms with Crippen molar-refractivity contribution >= 4 is 17.5 Å². The van der Waals surface area contributed by atoms with E-state index >= 15 is 0 Å². The molecule has 152 valence electrons. The second-order valence-corrected chi connectivity index (χ2v) is 7.32. The molecule has 0 aliphatic carbocycles. The van der Waals surface area contributed by atoms with Crippen molar-refractivity contribution in [2.75, 3.05) is 38.5 Å². The number of benzene rings is 2. The molecule has 0 unspecified atom stereocenters. The van der Waals surface area contributed by atoms with Gasteiger partial charge in [-0.2, -0.15) is 0 Å². The SMILES string of the molecule is CN1CCN(Cc2c([O-])ccc3c2OC(=Cc2cccc(N(O)O)c2)C3=O)CC1. The van der Waals surface area contributed by atoms with Gasteiger partial charge in [-0.25, -0.2) is 0 Å². The topological polar surface area (TPSA) is 99.5 Å². The largest absolute Gasteiger partial charge is 0.872 e. The van der Waals surface area contributed by atoms with Crippen molar-refractivity contribution < 1.29 is 25.1 Å². The summed E-state index contributed by atoms with van der Waals surface area (Å²) in [6, 6.07) is 9.27. The highest BCUT2D eigenvalue weighted by atomic mass is 16.8. The molecule has 0 amide bonds. The summed E-state index contributed by atoms with van der Waals surface area (Å²) in [6.07, 6.45) is 1.53. The third kappa shape index (κ3) is 3.96. The molecule has 1 saturated heterocycles. The summed E-state index contributed by atoms with van der Waals surface area (Å²) in [5.41, 5.74) is 1.59. The van der Waals surface area contributed by atoms with Gasteiger partial charge in [0.15, 0.2) is 5.76 Å². The third-order valence-corrected chi connectivity index (χ3v) is 5.27. The molecule has 2 N–H and O–H groups in total. The number of fused-ring (bicyclic) bond motifs is 1. The fourth-order valence-electron chi connectivity index (χ4n) is 3.56. The molecule has 8 nitrogen and oxygen atoms in total. The molecule has 0 bridgehead atoms. The quantitative estimate of drug-likeness (QED) is 0.595. The summed E-state index contributed by atoms with van der Waals surface area (Å²) in [5, 5.41) is 30.8. The molecule has 29 heavy (non-hydrogen) atoms. The van der Waals surface area contributed by atoms with Crippen LogP contribution in [-0.2, 0) is 6.54 Å². The Labute approximate surface area is 168 Å². The van der Waals surface area contributed by atoms with Crippen molar-refractivity contribution in [3.05, 3.63) is 58.8 Å². The zero-order valence-corrected chi connectivity index (χ0v) is 16.0. The lowest BCUT2D eigenvalue weighted by Gasteiger charge is -2.33. The number of ether oxygens (including phenoxy) is 1. The average molecular weight is 396 g/mol. The summed E-state index contributed by atoms with van der Waals surface area (Å²) in [6.45, 7) is 3.99. The number of rotatable bonds is 4. The van der Waals surface area contributed by atoms with E-state index in [4.69, 9.17) is 15.2 Å². The van der Waals surface area contributed by atoms with Gasteiger partial charge in [-0.15, -0.1) is 11.0 Å². The van der Waals surface area contributed by atoms with E-state index in [2.05, 4.69) is 16.8 Å². The van der Waals surface area contributed by atoms with E-state index in [9.17, 15) is 9.90 Å². The maximum absolute atomic E-state index is 12.8. The molecular weight excluding hydrogens is 374 g/mol. The number of ketones is 1. The molecular formula is C21H22N3O5-. The summed E-state index contributed by atoms with van der Waals surface area (Å²) >= 11 is 0. The van der Waals surface area contributed by atoms with Crippen molar-refractivity contribution in [3.63, 3.8) is 0 Å². The summed E-state index contributed by atoms with van der Waals surface area (Å²) in [7, 11) is 2.07. The maximum atomic E-state index is 12.8. The van der Waals surface area contributed by atoms with Crippen molar-refractivity contribution in [1.29, 1.82) is 0 Å². The monoisotopic (exact) mass is 396 g/mol. The molecule has 8 heteroatoms. The number of likely N-dealkylation sites (N-methyl/N-ethyl adjacent to an activating group) is 1. The van der Waals surface area contributed by atoms with Gasteiger partial charge < -0.3 is 14.7 Å². The molecule has 0 saturated carbocycles. The van der Waals surface area contributed by atoms with E-state index in [-0.39, 0.29) is 28.2 Å². The zero-order chi connectivity index (χ0) is 20.5. The summed E-state index contributed by atoms with van der Waals surface area (Å²) < 4.78 is 5.83. The first kappa shape index (κ1) is 19.4. The maximum Gasteiger partial charge on any atom is 0.231 e. The Hall–Kier alpha value is -2.91. The second-order valence-electron chi connectivity index (χ2n) is 7.32. The van der Waals surface area contributed by atoms with Crippen LogP contribution in [0.15, 0.2) is 42.2 Å². The van der Waals surface area contributed by atoms with E-state index < -0.39 is 0 Å². The van der Waals surface area contributed by atoms with Crippen molar-refractivity contribution in [3.8, 4) is 11.5 Å². The predicted octanol–water partition coefficient (Wildman–Crippen LogP) is 1.71. The van der Waals surface area contributed by atoms with Crippen LogP contribution in [0, 0.1) is 0 Å². The van der Waals surface area contributed by atoms with Crippen LogP contribution in [0.5, 0.6) is 11.5 Å². The smallest absolute Gasteiger partial charge is 0.231 e. The van der Waals surface area contributed by atoms with Crippen LogP contribution in [0.25, 0.3) is 6.08 Å². The number of carbonyl (C=O) groups is 1. The number of hydrogen-bond donors (Lipinski definition) is 2. The fraction of sp³-hybridized carbons (Fsp3) is 0.286. The fourth-order valence-corrected chi connectivity index (χ4v) is 3.56. The lowest BCUT2D eigenvalue weighted by molar-refractivity contribution is -0.269. The lowest BCUT2D eigenvalue weighted by Crippen LogP contribution is -2.44. The Kier molecular flexibility index (Phi) is 5.25. The molecule has 4 rings (SSSR count). The van der Waals surface area contributed by atoms with Crippen LogP contribution in [0.4, 0.5) is 5.69 Å². The minimum atomic E-state index is -0.296. The van der Waals surface area contributed by atoms with Crippen LogP contribution < -0.4 is 15.1 Å². The van der Waals surface area contributed by atoms with E-state index in [1.165, 1.54) is 30.3 Å². The van der Waals surface area contributed by atoms with Crippen LogP contribution in [0.1, 0.15) is 21.5 Å². The zero-order valence-electron chi connectivity index (χ0n) is 16.0. The van der Waals surface area contributed by atoms with Crippen molar-refractivity contribution in [2.45, 2.75) is 6.54 Å². The minimum Gasteiger partial charge on any atom is -0.872 e. The second kappa shape index (κ2) is 7.84. The van der Waals surface area contributed by atoms with Crippen LogP contribution in [0.3, 0.4) is 0 Å². The van der Waals surface area contributed by atoms with E-state index in [1.807, 2.05) is 0 Å². The van der Waals surface area contributed by atoms with Gasteiger partial charge in [0.1, 0.15) is 5.75 Å². The van der Waals surface area contributed by atoms with E-state index in [0.29, 0.717) is 29.0 Å². The van der Waals surface area contributed by atoms with Gasteiger partial charge in [-0.05, 0) is 36.9 Å². The molecule has 2 aliphatic heterocycles. The molecule has 0 spiro atoms. The van der Waals surface area contributed by atoms with Gasteiger partial charge in [0.05, 0.1) is 11.3 Å². The molecule has 1 fully saturated rings. The van der Waals surface area contributed by atoms with E-state index in [1.54, 1.807) is 12.1 Å². The minimum absolute atomic E-state index is 0.00590. The van der Waals surface area contributed by atoms with Crippen LogP contribution in [0.2, 0.25) is 0 Å². The van der Waals surface area contributed by atoms with Crippen molar-refractivity contribution in [1.82, 2.24) is 9.80 Å². The molecule has 0 aromatic heterocycles. The highest BCUT2D eigenvalue weighted by molar-refractivity contribution is 6.15. The van der Waals surface area contributed by atoms with E-state index in [0.717, 1.165) is 26.2 Å². The number of hydrogen-bond acceptors (Lipinski definition) is 8. The number of carbonyl (C=O) groups excluding carboxylic acids is 1. The molecule has 2 heterocycles. The van der Waals surface area contributed by atoms with Gasteiger partial charge in [0.2, 0.25) is 5.78 Å². The third-order valence-electron chi connectivity index (χ3n) is 5.27. The summed E-state index contributed by atoms with van der Waals surface area (Å²) in [5.74, 6) is -0.00982. The first-order chi connectivity index (χ1) is 13.9. The van der Waals surface area contributed by atoms with Crippen molar-refractivity contribution in [2.24, 2.45) is 0 Å². The lowest BCUT2D eigenvalue weighted by atomic mass is 10.0.